The van der Waals surface area contributed by atoms with Gasteiger partial charge in [-0.15, -0.1) is 0 Å². The highest BCUT2D eigenvalue weighted by molar-refractivity contribution is 7.89. The molecule has 7 heteroatoms. The highest BCUT2D eigenvalue weighted by Crippen LogP contribution is 2.31. The van der Waals surface area contributed by atoms with Crippen LogP contribution in [-0.2, 0) is 10.0 Å². The van der Waals surface area contributed by atoms with Gasteiger partial charge in [-0.1, -0.05) is 0 Å². The SMILES string of the molecule is Cc1cc(F)ccc1S(=O)(=O)N1CCC(c2ccc3cccnc3n2)CC1. The van der Waals surface area contributed by atoms with Crippen LogP contribution in [-0.4, -0.2) is 35.8 Å². The normalized spacial score (nSPS) is 16.7. The minimum atomic E-state index is -3.62. The van der Waals surface area contributed by atoms with Gasteiger partial charge in [0.25, 0.3) is 0 Å². The van der Waals surface area contributed by atoms with Crippen LogP contribution >= 0.6 is 0 Å². The molecule has 140 valence electrons. The van der Waals surface area contributed by atoms with E-state index >= 15 is 0 Å². The molecule has 0 amide bonds. The molecule has 0 saturated carbocycles. The topological polar surface area (TPSA) is 63.2 Å². The zero-order valence-electron chi connectivity index (χ0n) is 15.0. The number of piperidine rings is 1. The molecule has 2 aromatic heterocycles. The monoisotopic (exact) mass is 385 g/mol. The highest BCUT2D eigenvalue weighted by Gasteiger charge is 2.31. The molecule has 27 heavy (non-hydrogen) atoms. The Morgan fingerprint density at radius 3 is 2.63 bits per heavy atom. The van der Waals surface area contributed by atoms with Gasteiger partial charge in [-0.05, 0) is 67.8 Å². The van der Waals surface area contributed by atoms with Crippen molar-refractivity contribution in [1.82, 2.24) is 14.3 Å². The van der Waals surface area contributed by atoms with Gasteiger partial charge in [-0.25, -0.2) is 22.8 Å². The Balaban J connectivity index is 1.52. The highest BCUT2D eigenvalue weighted by atomic mass is 32.2. The van der Waals surface area contributed by atoms with E-state index in [4.69, 9.17) is 0 Å². The molecule has 0 atom stereocenters. The second-order valence-corrected chi connectivity index (χ2v) is 8.78. The number of fused-ring (bicyclic) bond motifs is 1. The van der Waals surface area contributed by atoms with E-state index in [2.05, 4.69) is 9.97 Å². The number of benzene rings is 1. The third-order valence-electron chi connectivity index (χ3n) is 5.11. The molecule has 1 aromatic carbocycles. The molecule has 5 nitrogen and oxygen atoms in total. The summed E-state index contributed by atoms with van der Waals surface area (Å²) in [6, 6.07) is 11.7. The fraction of sp³-hybridized carbons (Fsp3) is 0.300. The number of sulfonamides is 1. The van der Waals surface area contributed by atoms with Crippen molar-refractivity contribution in [3.63, 3.8) is 0 Å². The van der Waals surface area contributed by atoms with Crippen molar-refractivity contribution in [3.8, 4) is 0 Å². The first kappa shape index (κ1) is 18.0. The molecule has 0 bridgehead atoms. The third kappa shape index (κ3) is 3.44. The van der Waals surface area contributed by atoms with E-state index in [0.717, 1.165) is 11.1 Å². The van der Waals surface area contributed by atoms with Crippen LogP contribution in [0, 0.1) is 12.7 Å². The minimum absolute atomic E-state index is 0.176. The molecule has 0 radical (unpaired) electrons. The van der Waals surface area contributed by atoms with Crippen molar-refractivity contribution in [2.75, 3.05) is 13.1 Å². The van der Waals surface area contributed by atoms with E-state index in [0.29, 0.717) is 37.1 Å². The number of rotatable bonds is 3. The Labute approximate surface area is 157 Å². The van der Waals surface area contributed by atoms with E-state index in [1.165, 1.54) is 22.5 Å². The number of hydrogen-bond acceptors (Lipinski definition) is 4. The Morgan fingerprint density at radius 1 is 1.11 bits per heavy atom. The molecule has 0 unspecified atom stereocenters. The predicted molar refractivity (Wildman–Crippen MR) is 101 cm³/mol. The lowest BCUT2D eigenvalue weighted by Crippen LogP contribution is -2.38. The molecule has 4 rings (SSSR count). The fourth-order valence-corrected chi connectivity index (χ4v) is 5.30. The molecular formula is C20H20FN3O2S. The van der Waals surface area contributed by atoms with Gasteiger partial charge in [-0.3, -0.25) is 0 Å². The van der Waals surface area contributed by atoms with Crippen LogP contribution in [0.2, 0.25) is 0 Å². The summed E-state index contributed by atoms with van der Waals surface area (Å²) in [7, 11) is -3.62. The molecule has 1 fully saturated rings. The minimum Gasteiger partial charge on any atom is -0.237 e. The Kier molecular flexibility index (Phi) is 4.65. The molecule has 1 saturated heterocycles. The fourth-order valence-electron chi connectivity index (χ4n) is 3.63. The summed E-state index contributed by atoms with van der Waals surface area (Å²) in [6.45, 7) is 2.46. The summed E-state index contributed by atoms with van der Waals surface area (Å²) in [5.74, 6) is -0.224. The third-order valence-corrected chi connectivity index (χ3v) is 7.17. The zero-order valence-corrected chi connectivity index (χ0v) is 15.8. The molecule has 3 heterocycles. The maximum absolute atomic E-state index is 13.3. The van der Waals surface area contributed by atoms with Crippen LogP contribution in [0.1, 0.15) is 30.0 Å². The average molecular weight is 385 g/mol. The second-order valence-electron chi connectivity index (χ2n) is 6.87. The first-order valence-corrected chi connectivity index (χ1v) is 10.4. The largest absolute Gasteiger partial charge is 0.243 e. The van der Waals surface area contributed by atoms with E-state index in [1.54, 1.807) is 13.1 Å². The Bertz CT molecular complexity index is 1090. The van der Waals surface area contributed by atoms with Crippen LogP contribution < -0.4 is 0 Å². The number of aromatic nitrogens is 2. The summed E-state index contributed by atoms with van der Waals surface area (Å²) >= 11 is 0. The molecule has 3 aromatic rings. The molecular weight excluding hydrogens is 365 g/mol. The van der Waals surface area contributed by atoms with Gasteiger partial charge >= 0.3 is 0 Å². The first-order valence-electron chi connectivity index (χ1n) is 8.93. The Morgan fingerprint density at radius 2 is 1.89 bits per heavy atom. The van der Waals surface area contributed by atoms with Gasteiger partial charge < -0.3 is 0 Å². The van der Waals surface area contributed by atoms with Gasteiger partial charge in [0, 0.05) is 36.3 Å². The van der Waals surface area contributed by atoms with Crippen molar-refractivity contribution in [3.05, 3.63) is 65.7 Å². The second kappa shape index (κ2) is 6.98. The summed E-state index contributed by atoms with van der Waals surface area (Å²) in [4.78, 5) is 9.12. The van der Waals surface area contributed by atoms with E-state index in [-0.39, 0.29) is 10.8 Å². The maximum atomic E-state index is 13.3. The predicted octanol–water partition coefficient (Wildman–Crippen LogP) is 3.65. The maximum Gasteiger partial charge on any atom is 0.243 e. The lowest BCUT2D eigenvalue weighted by atomic mass is 9.94. The quantitative estimate of drug-likeness (QED) is 0.690. The van der Waals surface area contributed by atoms with Crippen LogP contribution in [0.15, 0.2) is 53.6 Å². The smallest absolute Gasteiger partial charge is 0.237 e. The van der Waals surface area contributed by atoms with Crippen molar-refractivity contribution in [2.45, 2.75) is 30.6 Å². The average Bonchev–Trinajstić information content (AvgIpc) is 2.67. The molecule has 0 N–H and O–H groups in total. The summed E-state index contributed by atoms with van der Waals surface area (Å²) in [5.41, 5.74) is 2.10. The summed E-state index contributed by atoms with van der Waals surface area (Å²) in [6.07, 6.45) is 3.12. The number of hydrogen-bond donors (Lipinski definition) is 0. The van der Waals surface area contributed by atoms with Gasteiger partial charge in [-0.2, -0.15) is 4.31 Å². The lowest BCUT2D eigenvalue weighted by molar-refractivity contribution is 0.317. The molecule has 1 aliphatic rings. The standard InChI is InChI=1S/C20H20FN3O2S/c1-14-13-17(21)5-7-19(14)27(25,26)24-11-8-15(9-12-24)18-6-4-16-3-2-10-22-20(16)23-18/h2-7,10,13,15H,8-9,11-12H2,1H3. The first-order chi connectivity index (χ1) is 12.9. The molecule has 0 aliphatic carbocycles. The van der Waals surface area contributed by atoms with Gasteiger partial charge in [0.1, 0.15) is 5.82 Å². The zero-order chi connectivity index (χ0) is 19.0. The number of aryl methyl sites for hydroxylation is 1. The van der Waals surface area contributed by atoms with Crippen LogP contribution in [0.3, 0.4) is 0 Å². The van der Waals surface area contributed by atoms with Crippen molar-refractivity contribution < 1.29 is 12.8 Å². The van der Waals surface area contributed by atoms with Crippen molar-refractivity contribution in [2.24, 2.45) is 0 Å². The number of pyridine rings is 2. The van der Waals surface area contributed by atoms with Crippen LogP contribution in [0.5, 0.6) is 0 Å². The number of nitrogens with zero attached hydrogens (tertiary/aromatic N) is 3. The molecule has 1 aliphatic heterocycles. The van der Waals surface area contributed by atoms with Crippen LogP contribution in [0.25, 0.3) is 11.0 Å². The summed E-state index contributed by atoms with van der Waals surface area (Å²) < 4.78 is 40.6. The van der Waals surface area contributed by atoms with E-state index in [9.17, 15) is 12.8 Å². The Hall–Kier alpha value is -2.38. The van der Waals surface area contributed by atoms with E-state index in [1.807, 2.05) is 24.3 Å². The van der Waals surface area contributed by atoms with Crippen molar-refractivity contribution >= 4 is 21.1 Å². The lowest BCUT2D eigenvalue weighted by Gasteiger charge is -2.31. The number of halogens is 1. The van der Waals surface area contributed by atoms with Crippen LogP contribution in [0.4, 0.5) is 4.39 Å². The summed E-state index contributed by atoms with van der Waals surface area (Å²) in [5, 5.41) is 0.994. The van der Waals surface area contributed by atoms with Gasteiger partial charge in [0.2, 0.25) is 10.0 Å². The molecule has 0 spiro atoms. The van der Waals surface area contributed by atoms with Crippen molar-refractivity contribution in [1.29, 1.82) is 0 Å². The van der Waals surface area contributed by atoms with E-state index < -0.39 is 15.8 Å². The van der Waals surface area contributed by atoms with Gasteiger partial charge in [0.05, 0.1) is 4.90 Å². The van der Waals surface area contributed by atoms with Gasteiger partial charge in [0.15, 0.2) is 5.65 Å².